The first kappa shape index (κ1) is 16.3. The molecule has 0 spiro atoms. The normalized spacial score (nSPS) is 17.4. The summed E-state index contributed by atoms with van der Waals surface area (Å²) in [7, 11) is 2.10. The number of rotatable bonds is 5. The Morgan fingerprint density at radius 1 is 1.19 bits per heavy atom. The van der Waals surface area contributed by atoms with Gasteiger partial charge in [0.25, 0.3) is 0 Å². The topological polar surface area (TPSA) is 89.9 Å². The van der Waals surface area contributed by atoms with E-state index >= 15 is 0 Å². The number of Topliss-reactive ketones (excluding diaryl/α,β-unsaturated/α-hetero) is 1. The summed E-state index contributed by atoms with van der Waals surface area (Å²) in [5, 5.41) is 4.72. The average Bonchev–Trinajstić information content (AvgIpc) is 3.49. The number of piperidine rings is 1. The fourth-order valence-electron chi connectivity index (χ4n) is 3.92. The van der Waals surface area contributed by atoms with Gasteiger partial charge in [0.05, 0.1) is 24.3 Å². The summed E-state index contributed by atoms with van der Waals surface area (Å²) >= 11 is 0. The van der Waals surface area contributed by atoms with Crippen LogP contribution in [-0.4, -0.2) is 55.6 Å². The van der Waals surface area contributed by atoms with Crippen LogP contribution in [0, 0.1) is 0 Å². The van der Waals surface area contributed by atoms with E-state index in [1.165, 1.54) is 18.7 Å². The molecule has 0 atom stereocenters. The maximum absolute atomic E-state index is 12.8. The maximum atomic E-state index is 12.8. The van der Waals surface area contributed by atoms with Crippen molar-refractivity contribution in [1.82, 2.24) is 29.6 Å². The van der Waals surface area contributed by atoms with E-state index in [1.54, 1.807) is 12.4 Å². The fraction of sp³-hybridized carbons (Fsp3) is 0.348. The quantitative estimate of drug-likeness (QED) is 0.459. The number of nitrogens with zero attached hydrogens (tertiary/aromatic N) is 6. The Morgan fingerprint density at radius 2 is 2.06 bits per heavy atom. The molecule has 1 aliphatic heterocycles. The second-order valence-electron chi connectivity index (χ2n) is 8.01. The van der Waals surface area contributed by atoms with Crippen LogP contribution in [-0.2, 0) is 13.4 Å². The van der Waals surface area contributed by atoms with Crippen molar-refractivity contribution in [3.05, 3.63) is 60.5 Å². The largest absolute Gasteiger partial charge is 0.448 e. The number of oxazole rings is 1. The van der Waals surface area contributed by atoms with Crippen LogP contribution >= 0.6 is 0 Å². The van der Waals surface area contributed by atoms with Gasteiger partial charge in [0, 0.05) is 51.6 Å². The monoisotopic (exact) mass is 419 g/mol. The number of hydrogen-bond acceptors (Lipinski definition) is 7. The summed E-state index contributed by atoms with van der Waals surface area (Å²) in [6.45, 7) is -0.358. The smallest absolute Gasteiger partial charge is 0.197 e. The minimum atomic E-state index is -2.34. The number of likely N-dealkylation sites (tertiary alicyclic amines) is 1. The number of pyridine rings is 2. The number of ketones is 1. The number of carbonyl (C=O) groups is 1. The van der Waals surface area contributed by atoms with Crippen molar-refractivity contribution in [3.63, 3.8) is 0 Å². The van der Waals surface area contributed by atoms with Crippen molar-refractivity contribution >= 4 is 16.7 Å². The molecule has 158 valence electrons. The zero-order valence-corrected chi connectivity index (χ0v) is 17.2. The molecule has 5 heterocycles. The van der Waals surface area contributed by atoms with Gasteiger partial charge in [0.15, 0.2) is 11.7 Å². The highest BCUT2D eigenvalue weighted by Gasteiger charge is 2.24. The summed E-state index contributed by atoms with van der Waals surface area (Å²) in [6, 6.07) is 3.70. The van der Waals surface area contributed by atoms with Crippen LogP contribution in [0.1, 0.15) is 44.9 Å². The third kappa shape index (κ3) is 4.11. The van der Waals surface area contributed by atoms with Crippen molar-refractivity contribution in [3.8, 4) is 11.1 Å². The highest BCUT2D eigenvalue weighted by atomic mass is 16.3. The Balaban J connectivity index is 1.33. The van der Waals surface area contributed by atoms with Gasteiger partial charge in [0.2, 0.25) is 0 Å². The van der Waals surface area contributed by atoms with Gasteiger partial charge in [-0.05, 0) is 45.1 Å². The lowest BCUT2D eigenvalue weighted by atomic mass is 9.97. The minimum Gasteiger partial charge on any atom is -0.448 e. The molecule has 0 aliphatic carbocycles. The molecule has 0 amide bonds. The first-order valence-corrected chi connectivity index (χ1v) is 10.2. The molecular formula is C23H24N6O2. The predicted molar refractivity (Wildman–Crippen MR) is 116 cm³/mol. The molecule has 4 aromatic rings. The van der Waals surface area contributed by atoms with Crippen LogP contribution < -0.4 is 0 Å². The number of aryl methyl sites for hydroxylation is 1. The number of hydrogen-bond donors (Lipinski definition) is 0. The van der Waals surface area contributed by atoms with Gasteiger partial charge in [0.1, 0.15) is 12.0 Å². The van der Waals surface area contributed by atoms with E-state index in [0.29, 0.717) is 28.4 Å². The Labute approximate surface area is 184 Å². The highest BCUT2D eigenvalue weighted by Crippen LogP contribution is 2.27. The van der Waals surface area contributed by atoms with Crippen LogP contribution in [0.2, 0.25) is 0 Å². The first-order valence-electron chi connectivity index (χ1n) is 11.7. The fourth-order valence-corrected chi connectivity index (χ4v) is 3.92. The van der Waals surface area contributed by atoms with E-state index < -0.39 is 6.98 Å². The van der Waals surface area contributed by atoms with E-state index in [4.69, 9.17) is 8.53 Å². The van der Waals surface area contributed by atoms with Crippen molar-refractivity contribution in [1.29, 1.82) is 0 Å². The van der Waals surface area contributed by atoms with Crippen LogP contribution in [0.4, 0.5) is 0 Å². The molecule has 0 unspecified atom stereocenters. The summed E-state index contributed by atoms with van der Waals surface area (Å²) in [5.74, 6) is 0.725. The third-order valence-corrected chi connectivity index (χ3v) is 5.76. The van der Waals surface area contributed by atoms with Crippen LogP contribution in [0.15, 0.2) is 47.6 Å². The molecule has 8 heteroatoms. The molecule has 0 N–H and O–H groups in total. The van der Waals surface area contributed by atoms with E-state index in [2.05, 4.69) is 32.0 Å². The van der Waals surface area contributed by atoms with Gasteiger partial charge in [-0.25, -0.2) is 4.98 Å². The Hall–Kier alpha value is -3.39. The van der Waals surface area contributed by atoms with Gasteiger partial charge in [-0.2, -0.15) is 5.10 Å². The summed E-state index contributed by atoms with van der Waals surface area (Å²) in [5.41, 5.74) is 2.96. The van der Waals surface area contributed by atoms with Crippen LogP contribution in [0.25, 0.3) is 22.0 Å². The minimum absolute atomic E-state index is 0.0938. The third-order valence-electron chi connectivity index (χ3n) is 5.76. The first-order chi connectivity index (χ1) is 16.3. The predicted octanol–water partition coefficient (Wildman–Crippen LogP) is 3.25. The van der Waals surface area contributed by atoms with Gasteiger partial charge in [-0.3, -0.25) is 19.4 Å². The maximum Gasteiger partial charge on any atom is 0.197 e. The second kappa shape index (κ2) is 8.03. The van der Waals surface area contributed by atoms with Crippen molar-refractivity contribution in [2.24, 2.45) is 6.98 Å². The van der Waals surface area contributed by atoms with Crippen molar-refractivity contribution < 1.29 is 13.3 Å². The molecule has 5 rings (SSSR count). The van der Waals surface area contributed by atoms with E-state index in [-0.39, 0.29) is 18.1 Å². The SMILES string of the molecule is [2H]C([2H])([2H])n1cc(-c2cnc3cnc(CC(=O)c4coc(C5CCN(C)CC5)n4)cc3c2)cn1. The van der Waals surface area contributed by atoms with E-state index in [1.807, 2.05) is 12.1 Å². The summed E-state index contributed by atoms with van der Waals surface area (Å²) < 4.78 is 29.0. The number of fused-ring (bicyclic) bond motifs is 1. The lowest BCUT2D eigenvalue weighted by molar-refractivity contribution is 0.0987. The molecule has 1 fully saturated rings. The van der Waals surface area contributed by atoms with Gasteiger partial charge < -0.3 is 9.32 Å². The molecule has 8 nitrogen and oxygen atoms in total. The highest BCUT2D eigenvalue weighted by molar-refractivity contribution is 5.95. The molecule has 31 heavy (non-hydrogen) atoms. The van der Waals surface area contributed by atoms with Crippen molar-refractivity contribution in [2.45, 2.75) is 25.2 Å². The lowest BCUT2D eigenvalue weighted by Crippen LogP contribution is -2.29. The van der Waals surface area contributed by atoms with E-state index in [9.17, 15) is 4.79 Å². The average molecular weight is 420 g/mol. The standard InChI is InChI=1S/C23H24N6O2/c1-28-5-3-15(4-6-28)23-27-21(14-31-23)22(30)9-19-8-16-7-17(10-25-20(16)12-24-19)18-11-26-29(2)13-18/h7-8,10-15H,3-6,9H2,1-2H3/i2D3. The summed E-state index contributed by atoms with van der Waals surface area (Å²) in [6.07, 6.45) is 9.71. The second-order valence-corrected chi connectivity index (χ2v) is 8.01. The van der Waals surface area contributed by atoms with E-state index in [0.717, 1.165) is 41.6 Å². The van der Waals surface area contributed by atoms with Gasteiger partial charge in [-0.15, -0.1) is 0 Å². The Morgan fingerprint density at radius 3 is 2.87 bits per heavy atom. The summed E-state index contributed by atoms with van der Waals surface area (Å²) in [4.78, 5) is 28.4. The molecule has 0 radical (unpaired) electrons. The molecule has 4 aromatic heterocycles. The van der Waals surface area contributed by atoms with Gasteiger partial charge >= 0.3 is 0 Å². The molecule has 1 saturated heterocycles. The molecule has 0 bridgehead atoms. The van der Waals surface area contributed by atoms with Crippen LogP contribution in [0.3, 0.4) is 0 Å². The Kier molecular flexibility index (Phi) is 4.23. The Bertz CT molecular complexity index is 1340. The molecule has 0 aromatic carbocycles. The molecule has 1 aliphatic rings. The zero-order valence-electron chi connectivity index (χ0n) is 20.2. The lowest BCUT2D eigenvalue weighted by Gasteiger charge is -2.26. The number of aromatic nitrogens is 5. The molecule has 0 saturated carbocycles. The number of carbonyl (C=O) groups excluding carboxylic acids is 1. The van der Waals surface area contributed by atoms with Crippen LogP contribution in [0.5, 0.6) is 0 Å². The zero-order chi connectivity index (χ0) is 23.9. The van der Waals surface area contributed by atoms with Crippen molar-refractivity contribution in [2.75, 3.05) is 20.1 Å². The van der Waals surface area contributed by atoms with Gasteiger partial charge in [-0.1, -0.05) is 0 Å². The molecular weight excluding hydrogens is 392 g/mol.